The Morgan fingerprint density at radius 2 is 2.00 bits per heavy atom. The quantitative estimate of drug-likeness (QED) is 0.830. The summed E-state index contributed by atoms with van der Waals surface area (Å²) in [5, 5.41) is 6.06. The number of likely N-dealkylation sites (tertiary alicyclic amines) is 1. The monoisotopic (exact) mass is 339 g/mol. The molecule has 0 aromatic heterocycles. The Kier molecular flexibility index (Phi) is 8.06. The van der Waals surface area contributed by atoms with Gasteiger partial charge in [-0.25, -0.2) is 0 Å². The van der Waals surface area contributed by atoms with Crippen LogP contribution in [0.4, 0.5) is 0 Å². The van der Waals surface area contributed by atoms with E-state index in [4.69, 9.17) is 0 Å². The van der Waals surface area contributed by atoms with Crippen LogP contribution in [-0.2, 0) is 9.59 Å². The van der Waals surface area contributed by atoms with Crippen LogP contribution in [0, 0.1) is 5.92 Å². The first-order chi connectivity index (χ1) is 10.6. The minimum atomic E-state index is -0.255. The Morgan fingerprint density at radius 3 is 2.61 bits per heavy atom. The molecule has 1 heterocycles. The first-order valence-electron chi connectivity index (χ1n) is 7.84. The summed E-state index contributed by atoms with van der Waals surface area (Å²) in [5.41, 5.74) is 0.969. The molecule has 2 atom stereocenters. The Hall–Kier alpha value is -1.59. The molecule has 128 valence electrons. The lowest BCUT2D eigenvalue weighted by molar-refractivity contribution is -0.131. The van der Waals surface area contributed by atoms with Crippen LogP contribution >= 0.6 is 12.4 Å². The summed E-state index contributed by atoms with van der Waals surface area (Å²) >= 11 is 0. The zero-order chi connectivity index (χ0) is 15.9. The summed E-state index contributed by atoms with van der Waals surface area (Å²) in [6, 6.07) is 9.41. The number of amides is 2. The smallest absolute Gasteiger partial charge is 0.224 e. The highest BCUT2D eigenvalue weighted by Crippen LogP contribution is 2.21. The van der Waals surface area contributed by atoms with Crippen LogP contribution in [0.1, 0.15) is 31.4 Å². The number of carbonyl (C=O) groups is 2. The third kappa shape index (κ3) is 5.84. The van der Waals surface area contributed by atoms with Gasteiger partial charge in [-0.15, -0.1) is 12.4 Å². The van der Waals surface area contributed by atoms with Gasteiger partial charge in [0.05, 0.1) is 12.5 Å². The second-order valence-corrected chi connectivity index (χ2v) is 5.92. The molecule has 2 unspecified atom stereocenters. The van der Waals surface area contributed by atoms with Gasteiger partial charge in [-0.3, -0.25) is 9.59 Å². The zero-order valence-corrected chi connectivity index (χ0v) is 14.6. The largest absolute Gasteiger partial charge is 0.349 e. The van der Waals surface area contributed by atoms with E-state index in [0.29, 0.717) is 12.3 Å². The van der Waals surface area contributed by atoms with Crippen LogP contribution in [0.3, 0.4) is 0 Å². The van der Waals surface area contributed by atoms with Gasteiger partial charge in [-0.1, -0.05) is 30.3 Å². The number of benzene rings is 1. The molecular weight excluding hydrogens is 314 g/mol. The highest BCUT2D eigenvalue weighted by molar-refractivity contribution is 5.85. The van der Waals surface area contributed by atoms with E-state index in [9.17, 15) is 9.59 Å². The standard InChI is InChI=1S/C17H25N3O2.ClH/c1-13(21)19-16(15-6-4-3-5-7-15)10-17(22)20-9-8-14(12-20)11-18-2;/h3-7,14,16,18H,8-12H2,1-2H3,(H,19,21);1H. The SMILES string of the molecule is CNCC1CCN(C(=O)CC(NC(C)=O)c2ccccc2)C1.Cl. The highest BCUT2D eigenvalue weighted by Gasteiger charge is 2.27. The molecule has 1 aliphatic heterocycles. The van der Waals surface area contributed by atoms with Gasteiger partial charge in [0, 0.05) is 20.0 Å². The lowest BCUT2D eigenvalue weighted by atomic mass is 10.0. The molecule has 0 spiro atoms. The van der Waals surface area contributed by atoms with E-state index in [-0.39, 0.29) is 30.3 Å². The Balaban J connectivity index is 0.00000264. The lowest BCUT2D eigenvalue weighted by Crippen LogP contribution is -2.35. The van der Waals surface area contributed by atoms with Crippen molar-refractivity contribution in [3.63, 3.8) is 0 Å². The molecule has 5 nitrogen and oxygen atoms in total. The van der Waals surface area contributed by atoms with Crippen molar-refractivity contribution in [2.75, 3.05) is 26.7 Å². The molecule has 2 rings (SSSR count). The third-order valence-corrected chi connectivity index (χ3v) is 4.09. The van der Waals surface area contributed by atoms with Gasteiger partial charge < -0.3 is 15.5 Å². The number of nitrogens with one attached hydrogen (secondary N) is 2. The molecule has 1 saturated heterocycles. The van der Waals surface area contributed by atoms with E-state index < -0.39 is 0 Å². The topological polar surface area (TPSA) is 61.4 Å². The number of halogens is 1. The summed E-state index contributed by atoms with van der Waals surface area (Å²) in [4.78, 5) is 25.9. The van der Waals surface area contributed by atoms with Crippen LogP contribution in [0.25, 0.3) is 0 Å². The molecular formula is C17H26ClN3O2. The van der Waals surface area contributed by atoms with Crippen LogP contribution < -0.4 is 10.6 Å². The van der Waals surface area contributed by atoms with Crippen molar-refractivity contribution >= 4 is 24.2 Å². The van der Waals surface area contributed by atoms with E-state index in [1.165, 1.54) is 6.92 Å². The normalized spacial score (nSPS) is 18.2. The van der Waals surface area contributed by atoms with E-state index in [1.54, 1.807) is 0 Å². The van der Waals surface area contributed by atoms with Crippen molar-refractivity contribution in [2.45, 2.75) is 25.8 Å². The van der Waals surface area contributed by atoms with Gasteiger partial charge >= 0.3 is 0 Å². The van der Waals surface area contributed by atoms with Crippen molar-refractivity contribution in [1.82, 2.24) is 15.5 Å². The van der Waals surface area contributed by atoms with Crippen molar-refractivity contribution in [1.29, 1.82) is 0 Å². The molecule has 1 aromatic rings. The number of hydrogen-bond acceptors (Lipinski definition) is 3. The maximum Gasteiger partial charge on any atom is 0.224 e. The second-order valence-electron chi connectivity index (χ2n) is 5.92. The highest BCUT2D eigenvalue weighted by atomic mass is 35.5. The summed E-state index contributed by atoms with van der Waals surface area (Å²) in [7, 11) is 1.94. The number of hydrogen-bond donors (Lipinski definition) is 2. The fourth-order valence-electron chi connectivity index (χ4n) is 3.00. The van der Waals surface area contributed by atoms with E-state index in [0.717, 1.165) is 31.6 Å². The fraction of sp³-hybridized carbons (Fsp3) is 0.529. The molecule has 1 aliphatic rings. The zero-order valence-electron chi connectivity index (χ0n) is 13.7. The predicted molar refractivity (Wildman–Crippen MR) is 93.5 cm³/mol. The van der Waals surface area contributed by atoms with E-state index in [1.807, 2.05) is 42.3 Å². The number of rotatable bonds is 6. The molecule has 1 fully saturated rings. The van der Waals surface area contributed by atoms with Gasteiger partial charge in [0.25, 0.3) is 0 Å². The second kappa shape index (κ2) is 9.53. The molecule has 0 aliphatic carbocycles. The first kappa shape index (κ1) is 19.5. The van der Waals surface area contributed by atoms with Gasteiger partial charge in [-0.2, -0.15) is 0 Å². The van der Waals surface area contributed by atoms with Crippen molar-refractivity contribution in [3.05, 3.63) is 35.9 Å². The fourth-order valence-corrected chi connectivity index (χ4v) is 3.00. The first-order valence-corrected chi connectivity index (χ1v) is 7.84. The Bertz CT molecular complexity index is 510. The molecule has 1 aromatic carbocycles. The molecule has 6 heteroatoms. The van der Waals surface area contributed by atoms with Crippen molar-refractivity contribution in [3.8, 4) is 0 Å². The summed E-state index contributed by atoms with van der Waals surface area (Å²) in [6.07, 6.45) is 1.36. The lowest BCUT2D eigenvalue weighted by Gasteiger charge is -2.22. The van der Waals surface area contributed by atoms with Gasteiger partial charge in [-0.05, 0) is 31.5 Å². The van der Waals surface area contributed by atoms with Gasteiger partial charge in [0.1, 0.15) is 0 Å². The minimum Gasteiger partial charge on any atom is -0.349 e. The maximum atomic E-state index is 12.5. The molecule has 2 N–H and O–H groups in total. The molecule has 2 amide bonds. The molecule has 0 saturated carbocycles. The Morgan fingerprint density at radius 1 is 1.30 bits per heavy atom. The van der Waals surface area contributed by atoms with Crippen LogP contribution in [0.2, 0.25) is 0 Å². The van der Waals surface area contributed by atoms with Crippen LogP contribution in [0.15, 0.2) is 30.3 Å². The van der Waals surface area contributed by atoms with Crippen molar-refractivity contribution in [2.24, 2.45) is 5.92 Å². The maximum absolute atomic E-state index is 12.5. The minimum absolute atomic E-state index is 0. The molecule has 0 bridgehead atoms. The van der Waals surface area contributed by atoms with Crippen LogP contribution in [-0.4, -0.2) is 43.4 Å². The summed E-state index contributed by atoms with van der Waals surface area (Å²) in [6.45, 7) is 4.05. The van der Waals surface area contributed by atoms with Crippen LogP contribution in [0.5, 0.6) is 0 Å². The third-order valence-electron chi connectivity index (χ3n) is 4.09. The molecule has 23 heavy (non-hydrogen) atoms. The summed E-state index contributed by atoms with van der Waals surface area (Å²) < 4.78 is 0. The van der Waals surface area contributed by atoms with E-state index in [2.05, 4.69) is 10.6 Å². The predicted octanol–water partition coefficient (Wildman–Crippen LogP) is 1.74. The van der Waals surface area contributed by atoms with Gasteiger partial charge in [0.2, 0.25) is 11.8 Å². The summed E-state index contributed by atoms with van der Waals surface area (Å²) in [5.74, 6) is 0.530. The average Bonchev–Trinajstić information content (AvgIpc) is 2.96. The molecule has 0 radical (unpaired) electrons. The average molecular weight is 340 g/mol. The number of nitrogens with zero attached hydrogens (tertiary/aromatic N) is 1. The van der Waals surface area contributed by atoms with Crippen molar-refractivity contribution < 1.29 is 9.59 Å². The Labute approximate surface area is 144 Å². The van der Waals surface area contributed by atoms with Gasteiger partial charge in [0.15, 0.2) is 0 Å². The number of carbonyl (C=O) groups excluding carboxylic acids is 2. The van der Waals surface area contributed by atoms with E-state index >= 15 is 0 Å².